The first-order valence-corrected chi connectivity index (χ1v) is 35.3. The molecular formula is C80H77ClFN11O15. The van der Waals surface area contributed by atoms with E-state index in [1.807, 2.05) is 118 Å². The molecule has 28 heteroatoms. The van der Waals surface area contributed by atoms with Crippen molar-refractivity contribution in [3.05, 3.63) is 240 Å². The molecule has 8 heterocycles. The summed E-state index contributed by atoms with van der Waals surface area (Å²) in [5.74, 6) is -1.19. The minimum atomic E-state index is -0.710. The molecule has 0 atom stereocenters. The SMILES string of the molecule is COc1ccc2c(c1)cc(C(=O)N1Cc3cc(C(=O)NO)cc(Cl)c3C1)n2C.COc1ccc2c(c1)cc(C(=O)N1Cc3cc(C(=O)NO)cc(OC)c3C1)n2C.N#Cc1cc(C(=O)CO)cc2c1CN(C(=O)c1cccn1C1CC1)CC2.O=C(CO)c1ccc2c(c1F)CCN(C(=O)c1cccn1C1CC1)C2. The molecule has 6 aliphatic rings. The molecule has 4 aliphatic heterocycles. The summed E-state index contributed by atoms with van der Waals surface area (Å²) >= 11 is 6.30. The number of hydrogen-bond donors (Lipinski definition) is 6. The number of nitriles is 1. The lowest BCUT2D eigenvalue weighted by molar-refractivity contribution is 0.0701. The number of rotatable bonds is 15. The minimum Gasteiger partial charge on any atom is -0.497 e. The molecule has 6 aromatic carbocycles. The second-order valence-corrected chi connectivity index (χ2v) is 27.6. The second kappa shape index (κ2) is 31.3. The lowest BCUT2D eigenvalue weighted by Crippen LogP contribution is -2.37. The van der Waals surface area contributed by atoms with E-state index < -0.39 is 42.4 Å². The van der Waals surface area contributed by atoms with Crippen molar-refractivity contribution in [2.24, 2.45) is 14.1 Å². The van der Waals surface area contributed by atoms with Crippen molar-refractivity contribution >= 4 is 80.4 Å². The van der Waals surface area contributed by atoms with Crippen molar-refractivity contribution in [1.29, 1.82) is 5.26 Å². The van der Waals surface area contributed by atoms with E-state index in [1.54, 1.807) is 75.1 Å². The van der Waals surface area contributed by atoms with Gasteiger partial charge in [0.2, 0.25) is 0 Å². The Labute approximate surface area is 623 Å². The number of fused-ring (bicyclic) bond motifs is 6. The number of hydroxylamine groups is 2. The van der Waals surface area contributed by atoms with Gasteiger partial charge in [0.1, 0.15) is 59.1 Å². The number of aliphatic hydroxyl groups excluding tert-OH is 2. The maximum Gasteiger partial charge on any atom is 0.274 e. The highest BCUT2D eigenvalue weighted by atomic mass is 35.5. The van der Waals surface area contributed by atoms with Crippen molar-refractivity contribution in [3.63, 3.8) is 0 Å². The maximum atomic E-state index is 14.5. The quantitative estimate of drug-likeness (QED) is 0.0316. The van der Waals surface area contributed by atoms with E-state index in [0.29, 0.717) is 128 Å². The van der Waals surface area contributed by atoms with Crippen molar-refractivity contribution in [2.45, 2.75) is 89.9 Å². The zero-order chi connectivity index (χ0) is 76.5. The number of methoxy groups -OCH3 is 3. The monoisotopic (exact) mass is 1490 g/mol. The Morgan fingerprint density at radius 1 is 0.509 bits per heavy atom. The van der Waals surface area contributed by atoms with Crippen LogP contribution in [0.1, 0.15) is 171 Å². The molecule has 2 aliphatic carbocycles. The van der Waals surface area contributed by atoms with Crippen LogP contribution in [0, 0.1) is 17.1 Å². The van der Waals surface area contributed by atoms with Crippen LogP contribution in [0.5, 0.6) is 17.2 Å². The van der Waals surface area contributed by atoms with Gasteiger partial charge in [-0.25, -0.2) is 15.4 Å². The van der Waals surface area contributed by atoms with Gasteiger partial charge in [-0.1, -0.05) is 17.7 Å². The molecule has 0 unspecified atom stereocenters. The highest BCUT2D eigenvalue weighted by molar-refractivity contribution is 6.32. The molecule has 6 N–H and O–H groups in total. The summed E-state index contributed by atoms with van der Waals surface area (Å²) in [6.07, 6.45) is 9.27. The van der Waals surface area contributed by atoms with Crippen LogP contribution in [0.2, 0.25) is 5.02 Å². The summed E-state index contributed by atoms with van der Waals surface area (Å²) in [4.78, 5) is 106. The lowest BCUT2D eigenvalue weighted by Gasteiger charge is -2.30. The third-order valence-corrected chi connectivity index (χ3v) is 21.0. The number of nitrogens with zero attached hydrogens (tertiary/aromatic N) is 9. The fraction of sp³-hybridized carbons (Fsp3) is 0.287. The molecule has 16 rings (SSSR count). The fourth-order valence-electron chi connectivity index (χ4n) is 14.5. The van der Waals surface area contributed by atoms with Gasteiger partial charge in [-0.3, -0.25) is 48.8 Å². The largest absolute Gasteiger partial charge is 0.497 e. The molecule has 4 aromatic heterocycles. The van der Waals surface area contributed by atoms with Crippen LogP contribution in [-0.4, -0.2) is 153 Å². The van der Waals surface area contributed by atoms with Gasteiger partial charge in [0.15, 0.2) is 11.6 Å². The Morgan fingerprint density at radius 2 is 0.991 bits per heavy atom. The Kier molecular flexibility index (Phi) is 21.5. The molecular weight excluding hydrogens is 1410 g/mol. The van der Waals surface area contributed by atoms with Gasteiger partial charge in [-0.2, -0.15) is 5.26 Å². The number of halogens is 2. The zero-order valence-corrected chi connectivity index (χ0v) is 60.5. The number of Topliss-reactive ketones (excluding diaryl/α,β-unsaturated/α-hetero) is 2. The highest BCUT2D eigenvalue weighted by Gasteiger charge is 2.36. The molecule has 10 aromatic rings. The molecule has 6 amide bonds. The number of benzene rings is 6. The molecule has 556 valence electrons. The number of aryl methyl sites for hydroxylation is 2. The van der Waals surface area contributed by atoms with Crippen LogP contribution in [0.3, 0.4) is 0 Å². The van der Waals surface area contributed by atoms with Crippen LogP contribution < -0.4 is 25.2 Å². The molecule has 2 saturated carbocycles. The van der Waals surface area contributed by atoms with Gasteiger partial charge in [0, 0.05) is 133 Å². The third-order valence-electron chi connectivity index (χ3n) is 20.6. The minimum absolute atomic E-state index is 0.0213. The van der Waals surface area contributed by atoms with Gasteiger partial charge in [-0.05, 0) is 193 Å². The van der Waals surface area contributed by atoms with Gasteiger partial charge >= 0.3 is 0 Å². The van der Waals surface area contributed by atoms with Crippen molar-refractivity contribution in [2.75, 3.05) is 47.6 Å². The smallest absolute Gasteiger partial charge is 0.274 e. The van der Waals surface area contributed by atoms with Gasteiger partial charge in [-0.15, -0.1) is 0 Å². The van der Waals surface area contributed by atoms with E-state index >= 15 is 0 Å². The topological polar surface area (TPSA) is 326 Å². The Balaban J connectivity index is 0.000000127. The summed E-state index contributed by atoms with van der Waals surface area (Å²) < 4.78 is 38.3. The van der Waals surface area contributed by atoms with E-state index in [0.717, 1.165) is 97.9 Å². The fourth-order valence-corrected chi connectivity index (χ4v) is 14.8. The summed E-state index contributed by atoms with van der Waals surface area (Å²) in [7, 11) is 8.43. The number of aliphatic hydroxyl groups is 2. The van der Waals surface area contributed by atoms with Gasteiger partial charge in [0.25, 0.3) is 35.4 Å². The number of carbonyl (C=O) groups excluding carboxylic acids is 8. The van der Waals surface area contributed by atoms with Gasteiger partial charge in [0.05, 0.1) is 45.1 Å². The summed E-state index contributed by atoms with van der Waals surface area (Å²) in [5, 5.41) is 47.5. The lowest BCUT2D eigenvalue weighted by atomic mass is 9.91. The van der Waals surface area contributed by atoms with Crippen LogP contribution in [0.4, 0.5) is 4.39 Å². The summed E-state index contributed by atoms with van der Waals surface area (Å²) in [5.41, 5.74) is 14.9. The van der Waals surface area contributed by atoms with E-state index in [-0.39, 0.29) is 40.3 Å². The molecule has 0 radical (unpaired) electrons. The average molecular weight is 1490 g/mol. The number of aromatic nitrogens is 4. The molecule has 0 bridgehead atoms. The van der Waals surface area contributed by atoms with E-state index in [9.17, 15) is 48.0 Å². The molecule has 0 spiro atoms. The standard InChI is InChI=1S/C21H21N3O5.C20H18ClN3O4.C20H19N3O3.C19H19FN2O3/c1-23-17-5-4-15(28-2)7-12(17)8-18(23)21(26)24-10-14-6-13(20(25)22-27)9-19(29-3)16(14)11-24;1-23-17-4-3-14(28-2)6-11(17)8-18(23)20(26)24-9-13-5-12(19(25)22-27)7-16(21)15(13)10-24;21-10-15-9-14(19(25)12-24)8-13-5-7-22(11-17(13)15)20(26)18-2-1-6-23(18)16-3-4-16;20-18-14-7-9-21(10-12(14)3-6-15(18)17(24)11-23)19(25)16-2-1-8-22(16)13-4-5-13/h4-9,27H,10-11H2,1-3H3,(H,22,25);3-8,27H,9-10H2,1-2H3,(H,22,25);1-2,6,8-9,16,24H,3-5,7,11-12H2;1-3,6,8,13,23H,4-5,7,9-11H2. The highest BCUT2D eigenvalue weighted by Crippen LogP contribution is 2.40. The first kappa shape index (κ1) is 74.3. The normalized spacial score (nSPS) is 14.5. The molecule has 108 heavy (non-hydrogen) atoms. The van der Waals surface area contributed by atoms with Crippen LogP contribution in [0.25, 0.3) is 21.8 Å². The summed E-state index contributed by atoms with van der Waals surface area (Å²) in [6, 6.07) is 38.2. The predicted octanol–water partition coefficient (Wildman–Crippen LogP) is 9.99. The molecule has 26 nitrogen and oxygen atoms in total. The number of amides is 6. The van der Waals surface area contributed by atoms with Crippen molar-refractivity contribution in [1.82, 2.24) is 48.8 Å². The first-order valence-electron chi connectivity index (χ1n) is 34.9. The average Bonchev–Trinajstić information content (AvgIpc) is 1.30. The van der Waals surface area contributed by atoms with E-state index in [1.165, 1.54) is 25.3 Å². The number of ketones is 2. The number of hydrogen-bond acceptors (Lipinski definition) is 16. The Bertz CT molecular complexity index is 5350. The van der Waals surface area contributed by atoms with Crippen LogP contribution >= 0.6 is 11.6 Å². The van der Waals surface area contributed by atoms with Crippen molar-refractivity contribution < 1.29 is 77.6 Å². The Hall–Kier alpha value is -11.9. The number of ether oxygens (including phenoxy) is 3. The van der Waals surface area contributed by atoms with Crippen molar-refractivity contribution in [3.8, 4) is 23.3 Å². The van der Waals surface area contributed by atoms with Gasteiger partial charge < -0.3 is 62.3 Å². The zero-order valence-electron chi connectivity index (χ0n) is 59.7. The maximum absolute atomic E-state index is 14.5. The summed E-state index contributed by atoms with van der Waals surface area (Å²) in [6.45, 7) is 1.79. The van der Waals surface area contributed by atoms with Crippen LogP contribution in [-0.2, 0) is 66.2 Å². The first-order chi connectivity index (χ1) is 52.1. The molecule has 0 saturated heterocycles. The van der Waals surface area contributed by atoms with E-state index in [4.69, 9.17) is 46.4 Å². The molecule has 2 fully saturated rings. The second-order valence-electron chi connectivity index (χ2n) is 27.2. The van der Waals surface area contributed by atoms with E-state index in [2.05, 4.69) is 6.07 Å². The third kappa shape index (κ3) is 14.7. The number of nitrogens with one attached hydrogen (secondary N) is 2. The predicted molar refractivity (Wildman–Crippen MR) is 392 cm³/mol. The number of carbonyl (C=O) groups is 8. The van der Waals surface area contributed by atoms with Crippen LogP contribution in [0.15, 0.2) is 134 Å². The Morgan fingerprint density at radius 3 is 1.50 bits per heavy atom.